The molecule has 1 spiro atoms. The SMILES string of the molecule is CCN1CCCC2(C1)NC(=O)c1c(C)cc(Nc3ncnc(N)c3Cl)c(=O)n12. The number of hydrogen-bond acceptors (Lipinski definition) is 7. The third-order valence-corrected chi connectivity index (χ3v) is 5.82. The monoisotopic (exact) mass is 403 g/mol. The molecule has 2 aromatic rings. The Labute approximate surface area is 166 Å². The van der Waals surface area contributed by atoms with Crippen LogP contribution in [0.25, 0.3) is 0 Å². The molecule has 4 heterocycles. The summed E-state index contributed by atoms with van der Waals surface area (Å²) in [5.74, 6) is 0.149. The number of anilines is 3. The number of fused-ring (bicyclic) bond motifs is 2. The van der Waals surface area contributed by atoms with Gasteiger partial charge in [0.05, 0.1) is 0 Å². The van der Waals surface area contributed by atoms with Gasteiger partial charge in [0.15, 0.2) is 5.82 Å². The molecule has 28 heavy (non-hydrogen) atoms. The molecular weight excluding hydrogens is 382 g/mol. The van der Waals surface area contributed by atoms with E-state index in [-0.39, 0.29) is 33.8 Å². The lowest BCUT2D eigenvalue weighted by molar-refractivity contribution is 0.0691. The minimum Gasteiger partial charge on any atom is -0.382 e. The molecule has 10 heteroatoms. The van der Waals surface area contributed by atoms with Crippen LogP contribution in [0.5, 0.6) is 0 Å². The maximum absolute atomic E-state index is 13.4. The zero-order valence-corrected chi connectivity index (χ0v) is 16.5. The number of hydrogen-bond donors (Lipinski definition) is 3. The molecule has 4 rings (SSSR count). The molecule has 1 unspecified atom stereocenters. The molecule has 0 bridgehead atoms. The van der Waals surface area contributed by atoms with Gasteiger partial charge in [0.25, 0.3) is 11.5 Å². The van der Waals surface area contributed by atoms with Gasteiger partial charge in [-0.1, -0.05) is 18.5 Å². The Morgan fingerprint density at radius 2 is 2.18 bits per heavy atom. The first-order chi connectivity index (χ1) is 13.4. The minimum atomic E-state index is -0.741. The second kappa shape index (κ2) is 6.75. The number of likely N-dealkylation sites (N-methyl/N-ethyl adjacent to an activating group) is 1. The lowest BCUT2D eigenvalue weighted by atomic mass is 9.98. The highest BCUT2D eigenvalue weighted by Crippen LogP contribution is 2.33. The fourth-order valence-electron chi connectivity index (χ4n) is 4.13. The Bertz CT molecular complexity index is 1020. The number of nitrogens with one attached hydrogen (secondary N) is 2. The molecule has 0 radical (unpaired) electrons. The van der Waals surface area contributed by atoms with Gasteiger partial charge in [-0.3, -0.25) is 19.1 Å². The summed E-state index contributed by atoms with van der Waals surface area (Å²) in [6, 6.07) is 1.64. The number of carbonyl (C=O) groups is 1. The van der Waals surface area contributed by atoms with Gasteiger partial charge >= 0.3 is 0 Å². The van der Waals surface area contributed by atoms with E-state index in [0.717, 1.165) is 19.5 Å². The number of likely N-dealkylation sites (tertiary alicyclic amines) is 1. The predicted molar refractivity (Wildman–Crippen MR) is 107 cm³/mol. The first kappa shape index (κ1) is 18.7. The molecule has 0 aliphatic carbocycles. The number of aryl methyl sites for hydroxylation is 1. The van der Waals surface area contributed by atoms with Gasteiger partial charge in [-0.05, 0) is 44.5 Å². The summed E-state index contributed by atoms with van der Waals surface area (Å²) < 4.78 is 1.60. The number of nitrogens with two attached hydrogens (primary N) is 1. The summed E-state index contributed by atoms with van der Waals surface area (Å²) in [5.41, 5.74) is 6.07. The van der Waals surface area contributed by atoms with Crippen LogP contribution in [-0.2, 0) is 5.66 Å². The highest BCUT2D eigenvalue weighted by molar-refractivity contribution is 6.35. The molecule has 2 aliphatic rings. The summed E-state index contributed by atoms with van der Waals surface area (Å²) in [7, 11) is 0. The van der Waals surface area contributed by atoms with E-state index in [4.69, 9.17) is 17.3 Å². The van der Waals surface area contributed by atoms with Crippen LogP contribution in [0.2, 0.25) is 5.02 Å². The van der Waals surface area contributed by atoms with Crippen molar-refractivity contribution in [3.8, 4) is 0 Å². The molecule has 4 N–H and O–H groups in total. The van der Waals surface area contributed by atoms with Gasteiger partial charge in [0.1, 0.15) is 34.2 Å². The number of carbonyl (C=O) groups excluding carboxylic acids is 1. The molecule has 2 aliphatic heterocycles. The highest BCUT2D eigenvalue weighted by atomic mass is 35.5. The molecule has 9 nitrogen and oxygen atoms in total. The van der Waals surface area contributed by atoms with Gasteiger partial charge in [0.2, 0.25) is 0 Å². The number of nitrogens with zero attached hydrogens (tertiary/aromatic N) is 4. The van der Waals surface area contributed by atoms with Gasteiger partial charge in [-0.15, -0.1) is 0 Å². The minimum absolute atomic E-state index is 0.122. The molecule has 148 valence electrons. The quantitative estimate of drug-likeness (QED) is 0.709. The lowest BCUT2D eigenvalue weighted by Crippen LogP contribution is -2.57. The van der Waals surface area contributed by atoms with Crippen LogP contribution in [0.1, 0.15) is 35.8 Å². The Balaban J connectivity index is 1.84. The number of amides is 1. The summed E-state index contributed by atoms with van der Waals surface area (Å²) >= 11 is 6.16. The highest BCUT2D eigenvalue weighted by Gasteiger charge is 2.47. The molecule has 1 amide bonds. The summed E-state index contributed by atoms with van der Waals surface area (Å²) in [6.07, 6.45) is 2.87. The zero-order valence-electron chi connectivity index (χ0n) is 15.8. The van der Waals surface area contributed by atoms with Crippen molar-refractivity contribution < 1.29 is 4.79 Å². The topological polar surface area (TPSA) is 118 Å². The van der Waals surface area contributed by atoms with Crippen molar-refractivity contribution in [1.29, 1.82) is 0 Å². The van der Waals surface area contributed by atoms with Crippen molar-refractivity contribution >= 4 is 34.8 Å². The number of halogens is 1. The van der Waals surface area contributed by atoms with Crippen LogP contribution in [0.3, 0.4) is 0 Å². The summed E-state index contributed by atoms with van der Waals surface area (Å²) in [6.45, 7) is 6.28. The second-order valence-electron chi connectivity index (χ2n) is 7.23. The van der Waals surface area contributed by atoms with Crippen molar-refractivity contribution in [3.05, 3.63) is 39.0 Å². The van der Waals surface area contributed by atoms with E-state index in [1.54, 1.807) is 10.6 Å². The van der Waals surface area contributed by atoms with Crippen molar-refractivity contribution in [2.75, 3.05) is 30.7 Å². The molecule has 0 saturated carbocycles. The lowest BCUT2D eigenvalue weighted by Gasteiger charge is -2.41. The van der Waals surface area contributed by atoms with Crippen LogP contribution >= 0.6 is 11.6 Å². The number of nitrogen functional groups attached to an aromatic ring is 1. The first-order valence-corrected chi connectivity index (χ1v) is 9.59. The Kier molecular flexibility index (Phi) is 4.51. The maximum Gasteiger partial charge on any atom is 0.276 e. The molecular formula is C18H22ClN7O2. The van der Waals surface area contributed by atoms with Crippen LogP contribution in [0.15, 0.2) is 17.2 Å². The van der Waals surface area contributed by atoms with E-state index in [1.807, 2.05) is 6.92 Å². The molecule has 1 saturated heterocycles. The molecule has 1 fully saturated rings. The van der Waals surface area contributed by atoms with E-state index < -0.39 is 5.66 Å². The van der Waals surface area contributed by atoms with Crippen molar-refractivity contribution in [3.63, 3.8) is 0 Å². The van der Waals surface area contributed by atoms with Gasteiger partial charge in [0, 0.05) is 6.54 Å². The van der Waals surface area contributed by atoms with E-state index in [9.17, 15) is 9.59 Å². The fraction of sp³-hybridized carbons (Fsp3) is 0.444. The standard InChI is InChI=1S/C18H22ClN7O2/c1-3-25-6-4-5-18(8-25)24-16(27)13-10(2)7-11(17(28)26(13)18)23-15-12(19)14(20)21-9-22-15/h7,9H,3-6,8H2,1-2H3,(H,24,27)(H3,20,21,22,23). The van der Waals surface area contributed by atoms with Gasteiger partial charge in [-0.2, -0.15) is 0 Å². The van der Waals surface area contributed by atoms with Crippen molar-refractivity contribution in [2.45, 2.75) is 32.4 Å². The summed E-state index contributed by atoms with van der Waals surface area (Å²) in [4.78, 5) is 36.2. The number of pyridine rings is 1. The zero-order chi connectivity index (χ0) is 20.1. The predicted octanol–water partition coefficient (Wildman–Crippen LogP) is 1.44. The van der Waals surface area contributed by atoms with Crippen LogP contribution in [0, 0.1) is 6.92 Å². The van der Waals surface area contributed by atoms with Gasteiger partial charge < -0.3 is 16.4 Å². The summed E-state index contributed by atoms with van der Waals surface area (Å²) in [5, 5.41) is 6.18. The maximum atomic E-state index is 13.4. The van der Waals surface area contributed by atoms with Crippen LogP contribution in [-0.4, -0.2) is 45.0 Å². The second-order valence-corrected chi connectivity index (χ2v) is 7.61. The number of piperidine rings is 1. The fourth-order valence-corrected chi connectivity index (χ4v) is 4.27. The molecule has 0 aromatic carbocycles. The van der Waals surface area contributed by atoms with Crippen molar-refractivity contribution in [1.82, 2.24) is 24.8 Å². The average molecular weight is 404 g/mol. The molecule has 2 aromatic heterocycles. The Hall–Kier alpha value is -2.65. The Morgan fingerprint density at radius 1 is 1.39 bits per heavy atom. The van der Waals surface area contributed by atoms with Crippen LogP contribution < -0.4 is 21.9 Å². The normalized spacial score (nSPS) is 21.6. The van der Waals surface area contributed by atoms with E-state index >= 15 is 0 Å². The van der Waals surface area contributed by atoms with Gasteiger partial charge in [-0.25, -0.2) is 9.97 Å². The molecule has 1 atom stereocenters. The first-order valence-electron chi connectivity index (χ1n) is 9.21. The average Bonchev–Trinajstić information content (AvgIpc) is 2.95. The van der Waals surface area contributed by atoms with E-state index in [2.05, 4.69) is 32.4 Å². The van der Waals surface area contributed by atoms with E-state index in [0.29, 0.717) is 24.2 Å². The van der Waals surface area contributed by atoms with Crippen LogP contribution in [0.4, 0.5) is 17.3 Å². The third kappa shape index (κ3) is 2.82. The third-order valence-electron chi connectivity index (χ3n) is 5.45. The number of aromatic nitrogens is 3. The smallest absolute Gasteiger partial charge is 0.276 e. The number of rotatable bonds is 3. The Morgan fingerprint density at radius 3 is 2.93 bits per heavy atom. The van der Waals surface area contributed by atoms with Crippen molar-refractivity contribution in [2.24, 2.45) is 0 Å². The largest absolute Gasteiger partial charge is 0.382 e. The van der Waals surface area contributed by atoms with E-state index in [1.165, 1.54) is 6.33 Å².